The van der Waals surface area contributed by atoms with E-state index in [9.17, 15) is 9.59 Å². The molecule has 0 aliphatic carbocycles. The summed E-state index contributed by atoms with van der Waals surface area (Å²) in [6.45, 7) is 6.09. The van der Waals surface area contributed by atoms with E-state index in [1.165, 1.54) is 6.20 Å². The Balaban J connectivity index is 1.80. The van der Waals surface area contributed by atoms with Crippen molar-refractivity contribution in [1.29, 1.82) is 0 Å². The molecule has 28 heavy (non-hydrogen) atoms. The monoisotopic (exact) mass is 380 g/mol. The Bertz CT molecular complexity index is 1080. The lowest BCUT2D eigenvalue weighted by Crippen LogP contribution is -2.25. The Morgan fingerprint density at radius 3 is 2.46 bits per heavy atom. The normalized spacial score (nSPS) is 11.5. The van der Waals surface area contributed by atoms with Gasteiger partial charge in [-0.2, -0.15) is 0 Å². The summed E-state index contributed by atoms with van der Waals surface area (Å²) in [5.74, 6) is 0. The summed E-state index contributed by atoms with van der Waals surface area (Å²) < 4.78 is 0. The van der Waals surface area contributed by atoms with E-state index in [-0.39, 0.29) is 5.69 Å². The summed E-state index contributed by atoms with van der Waals surface area (Å²) >= 11 is 0. The molecule has 3 aromatic rings. The van der Waals surface area contributed by atoms with Crippen LogP contribution in [0.1, 0.15) is 20.3 Å². The first-order chi connectivity index (χ1) is 13.5. The van der Waals surface area contributed by atoms with Gasteiger partial charge in [0.2, 0.25) is 0 Å². The topological polar surface area (TPSA) is 114 Å². The van der Waals surface area contributed by atoms with Crippen LogP contribution in [0.25, 0.3) is 10.8 Å². The number of H-pyrrole nitrogens is 2. The highest BCUT2D eigenvalue weighted by molar-refractivity contribution is 6.00. The molecule has 0 saturated carbocycles. The van der Waals surface area contributed by atoms with Crippen LogP contribution >= 0.6 is 0 Å². The zero-order chi connectivity index (χ0) is 19.9. The summed E-state index contributed by atoms with van der Waals surface area (Å²) in [5, 5.41) is 17.0. The molecule has 4 N–H and O–H groups in total. The van der Waals surface area contributed by atoms with Crippen LogP contribution in [0.15, 0.2) is 62.4 Å². The van der Waals surface area contributed by atoms with E-state index in [0.717, 1.165) is 36.0 Å². The van der Waals surface area contributed by atoms with Crippen molar-refractivity contribution in [3.05, 3.63) is 63.4 Å². The van der Waals surface area contributed by atoms with Crippen LogP contribution in [0.2, 0.25) is 0 Å². The Hall–Kier alpha value is -3.26. The average molecular weight is 380 g/mol. The number of anilines is 1. The Morgan fingerprint density at radius 1 is 0.964 bits per heavy atom. The van der Waals surface area contributed by atoms with Crippen molar-refractivity contribution in [2.45, 2.75) is 26.3 Å². The molecule has 146 valence electrons. The first-order valence-electron chi connectivity index (χ1n) is 9.27. The summed E-state index contributed by atoms with van der Waals surface area (Å²) in [5.41, 5.74) is 0.566. The van der Waals surface area contributed by atoms with E-state index in [4.69, 9.17) is 0 Å². The number of aromatic nitrogens is 2. The molecule has 0 spiro atoms. The summed E-state index contributed by atoms with van der Waals surface area (Å²) in [7, 11) is 0. The molecule has 0 amide bonds. The smallest absolute Gasteiger partial charge is 0.325 e. The minimum atomic E-state index is -0.579. The molecule has 0 radical (unpaired) electrons. The molecule has 0 unspecified atom stereocenters. The fraction of sp³-hybridized carbons (Fsp3) is 0.300. The van der Waals surface area contributed by atoms with Gasteiger partial charge in [0.1, 0.15) is 0 Å². The highest BCUT2D eigenvalue weighted by Crippen LogP contribution is 2.32. The van der Waals surface area contributed by atoms with Crippen LogP contribution in [-0.2, 0) is 0 Å². The molecule has 0 fully saturated rings. The third-order valence-corrected chi connectivity index (χ3v) is 4.19. The molecule has 0 bridgehead atoms. The number of hydrogen-bond acceptors (Lipinski definition) is 6. The third kappa shape index (κ3) is 4.92. The standard InChI is InChI=1S/C20H24N6O2/c1-13(2)21-10-5-11-22-16-8-9-17(15-7-4-3-6-14(15)16)25-26-18-12-23-20(28)24-19(18)27/h3-4,6-9,12-13,21-22H,5,10-11H2,1-2H3,(H2,23,24,27,28). The molecule has 1 heterocycles. The van der Waals surface area contributed by atoms with Gasteiger partial charge in [0.25, 0.3) is 5.56 Å². The molecule has 0 atom stereocenters. The number of hydrogen-bond donors (Lipinski definition) is 4. The number of fused-ring (bicyclic) bond motifs is 1. The van der Waals surface area contributed by atoms with Crippen LogP contribution in [0.4, 0.5) is 17.1 Å². The Morgan fingerprint density at radius 2 is 1.71 bits per heavy atom. The second kappa shape index (κ2) is 9.09. The zero-order valence-electron chi connectivity index (χ0n) is 16.0. The van der Waals surface area contributed by atoms with E-state index in [2.05, 4.69) is 44.7 Å². The van der Waals surface area contributed by atoms with Crippen LogP contribution < -0.4 is 21.9 Å². The van der Waals surface area contributed by atoms with Crippen LogP contribution in [-0.4, -0.2) is 29.1 Å². The highest BCUT2D eigenvalue weighted by Gasteiger charge is 2.06. The van der Waals surface area contributed by atoms with Crippen molar-refractivity contribution >= 4 is 27.8 Å². The maximum Gasteiger partial charge on any atom is 0.325 e. The SMILES string of the molecule is CC(C)NCCCNc1ccc(N=Nc2c[nH]c(=O)[nH]c2=O)c2ccccc12. The lowest BCUT2D eigenvalue weighted by Gasteiger charge is -2.12. The largest absolute Gasteiger partial charge is 0.384 e. The van der Waals surface area contributed by atoms with Gasteiger partial charge in [-0.3, -0.25) is 9.78 Å². The van der Waals surface area contributed by atoms with Crippen LogP contribution in [0, 0.1) is 0 Å². The maximum atomic E-state index is 11.7. The van der Waals surface area contributed by atoms with Crippen molar-refractivity contribution in [3.8, 4) is 0 Å². The van der Waals surface area contributed by atoms with E-state index < -0.39 is 11.2 Å². The molecule has 0 saturated heterocycles. The second-order valence-corrected chi connectivity index (χ2v) is 6.72. The predicted molar refractivity (Wildman–Crippen MR) is 112 cm³/mol. The van der Waals surface area contributed by atoms with E-state index in [1.54, 1.807) is 0 Å². The minimum absolute atomic E-state index is 0.0449. The fourth-order valence-corrected chi connectivity index (χ4v) is 2.81. The zero-order valence-corrected chi connectivity index (χ0v) is 16.0. The minimum Gasteiger partial charge on any atom is -0.384 e. The number of azo groups is 1. The number of aromatic amines is 2. The molecule has 2 aromatic carbocycles. The van der Waals surface area contributed by atoms with Gasteiger partial charge in [-0.1, -0.05) is 38.1 Å². The molecule has 0 aliphatic heterocycles. The van der Waals surface area contributed by atoms with Crippen molar-refractivity contribution in [3.63, 3.8) is 0 Å². The molecular weight excluding hydrogens is 356 g/mol. The predicted octanol–water partition coefficient (Wildman–Crippen LogP) is 3.43. The fourth-order valence-electron chi connectivity index (χ4n) is 2.81. The molecule has 8 heteroatoms. The molecular formula is C20H24N6O2. The summed E-state index contributed by atoms with van der Waals surface area (Å²) in [6, 6.07) is 12.2. The van der Waals surface area contributed by atoms with Gasteiger partial charge in [-0.25, -0.2) is 4.79 Å². The number of nitrogens with zero attached hydrogens (tertiary/aromatic N) is 2. The van der Waals surface area contributed by atoms with Crippen LogP contribution in [0.3, 0.4) is 0 Å². The van der Waals surface area contributed by atoms with E-state index >= 15 is 0 Å². The third-order valence-electron chi connectivity index (χ3n) is 4.19. The van der Waals surface area contributed by atoms with Crippen molar-refractivity contribution in [2.24, 2.45) is 10.2 Å². The van der Waals surface area contributed by atoms with Crippen molar-refractivity contribution in [2.75, 3.05) is 18.4 Å². The van der Waals surface area contributed by atoms with Gasteiger partial charge in [-0.05, 0) is 25.1 Å². The number of benzene rings is 2. The number of rotatable bonds is 8. The van der Waals surface area contributed by atoms with Gasteiger partial charge in [0.05, 0.1) is 5.69 Å². The summed E-state index contributed by atoms with van der Waals surface area (Å²) in [4.78, 5) is 27.4. The first-order valence-corrected chi connectivity index (χ1v) is 9.27. The van der Waals surface area contributed by atoms with E-state index in [1.807, 2.05) is 36.4 Å². The lowest BCUT2D eigenvalue weighted by molar-refractivity contribution is 0.578. The van der Waals surface area contributed by atoms with Gasteiger partial charge in [0, 0.05) is 35.2 Å². The Labute approximate surface area is 162 Å². The Kier molecular flexibility index (Phi) is 6.33. The molecule has 8 nitrogen and oxygen atoms in total. The van der Waals surface area contributed by atoms with Gasteiger partial charge < -0.3 is 15.6 Å². The van der Waals surface area contributed by atoms with E-state index in [0.29, 0.717) is 11.7 Å². The van der Waals surface area contributed by atoms with Crippen molar-refractivity contribution in [1.82, 2.24) is 15.3 Å². The van der Waals surface area contributed by atoms with Crippen LogP contribution in [0.5, 0.6) is 0 Å². The quantitative estimate of drug-likeness (QED) is 0.354. The first kappa shape index (κ1) is 19.5. The second-order valence-electron chi connectivity index (χ2n) is 6.72. The molecule has 3 rings (SSSR count). The lowest BCUT2D eigenvalue weighted by atomic mass is 10.1. The highest BCUT2D eigenvalue weighted by atomic mass is 16.2. The molecule has 0 aliphatic rings. The summed E-state index contributed by atoms with van der Waals surface area (Å²) in [6.07, 6.45) is 2.26. The molecule has 1 aromatic heterocycles. The van der Waals surface area contributed by atoms with Gasteiger partial charge in [0.15, 0.2) is 5.69 Å². The number of nitrogens with one attached hydrogen (secondary N) is 4. The average Bonchev–Trinajstić information content (AvgIpc) is 2.67. The van der Waals surface area contributed by atoms with Gasteiger partial charge >= 0.3 is 5.69 Å². The maximum absolute atomic E-state index is 11.7. The van der Waals surface area contributed by atoms with Gasteiger partial charge in [-0.15, -0.1) is 10.2 Å². The van der Waals surface area contributed by atoms with Crippen molar-refractivity contribution < 1.29 is 0 Å².